The van der Waals surface area contributed by atoms with Crippen LogP contribution >= 0.6 is 11.8 Å². The summed E-state index contributed by atoms with van der Waals surface area (Å²) in [6.45, 7) is 4.40. The van der Waals surface area contributed by atoms with Gasteiger partial charge in [0.25, 0.3) is 0 Å². The van der Waals surface area contributed by atoms with E-state index in [0.29, 0.717) is 17.5 Å². The van der Waals surface area contributed by atoms with Gasteiger partial charge in [-0.2, -0.15) is 0 Å². The van der Waals surface area contributed by atoms with Crippen LogP contribution in [0.5, 0.6) is 0 Å². The van der Waals surface area contributed by atoms with Gasteiger partial charge in [0, 0.05) is 17.1 Å². The van der Waals surface area contributed by atoms with Gasteiger partial charge in [0.1, 0.15) is 5.82 Å². The molecule has 0 unspecified atom stereocenters. The maximum atomic E-state index is 13.2. The minimum atomic E-state index is -0.286. The van der Waals surface area contributed by atoms with E-state index in [-0.39, 0.29) is 17.5 Å². The lowest BCUT2D eigenvalue weighted by molar-refractivity contribution is -0.113. The first-order valence-corrected chi connectivity index (χ1v) is 11.5. The summed E-state index contributed by atoms with van der Waals surface area (Å²) >= 11 is 1.32. The van der Waals surface area contributed by atoms with Crippen LogP contribution in [0.25, 0.3) is 5.69 Å². The summed E-state index contributed by atoms with van der Waals surface area (Å²) in [5.41, 5.74) is 4.67. The van der Waals surface area contributed by atoms with E-state index in [1.807, 2.05) is 66.9 Å². The maximum absolute atomic E-state index is 13.2. The van der Waals surface area contributed by atoms with Gasteiger partial charge in [-0.15, -0.1) is 10.2 Å². The van der Waals surface area contributed by atoms with Crippen molar-refractivity contribution < 1.29 is 9.18 Å². The third kappa shape index (κ3) is 5.59. The van der Waals surface area contributed by atoms with Crippen molar-refractivity contribution in [3.8, 4) is 5.69 Å². The zero-order valence-corrected chi connectivity index (χ0v) is 19.2. The van der Waals surface area contributed by atoms with E-state index >= 15 is 0 Å². The highest BCUT2D eigenvalue weighted by Gasteiger charge is 2.16. The number of aryl methyl sites for hydroxylation is 1. The van der Waals surface area contributed by atoms with E-state index in [1.165, 1.54) is 23.9 Å². The number of benzene rings is 3. The molecule has 0 spiro atoms. The summed E-state index contributed by atoms with van der Waals surface area (Å²) in [6, 6.07) is 21.7. The molecule has 0 aliphatic heterocycles. The molecule has 6 nitrogen and oxygen atoms in total. The molecule has 0 atom stereocenters. The molecule has 4 aromatic rings. The summed E-state index contributed by atoms with van der Waals surface area (Å²) in [5, 5.41) is 15.5. The van der Waals surface area contributed by atoms with E-state index in [2.05, 4.69) is 20.8 Å². The fourth-order valence-corrected chi connectivity index (χ4v) is 4.07. The van der Waals surface area contributed by atoms with Gasteiger partial charge in [0.15, 0.2) is 11.0 Å². The third-order valence-corrected chi connectivity index (χ3v) is 6.15. The second kappa shape index (κ2) is 10.3. The molecule has 0 saturated heterocycles. The third-order valence-electron chi connectivity index (χ3n) is 5.22. The average Bonchev–Trinajstić information content (AvgIpc) is 3.24. The largest absolute Gasteiger partial charge is 0.378 e. The highest BCUT2D eigenvalue weighted by molar-refractivity contribution is 7.99. The van der Waals surface area contributed by atoms with E-state index in [4.69, 9.17) is 0 Å². The van der Waals surface area contributed by atoms with Crippen molar-refractivity contribution in [1.29, 1.82) is 0 Å². The Hall–Kier alpha value is -3.65. The van der Waals surface area contributed by atoms with Crippen LogP contribution in [-0.2, 0) is 11.3 Å². The van der Waals surface area contributed by atoms with Crippen LogP contribution in [0.2, 0.25) is 0 Å². The lowest BCUT2D eigenvalue weighted by Crippen LogP contribution is -2.16. The number of anilines is 2. The van der Waals surface area contributed by atoms with E-state index in [9.17, 15) is 9.18 Å². The molecule has 168 valence electrons. The fraction of sp³-hybridized carbons (Fsp3) is 0.160. The Bertz CT molecular complexity index is 1240. The van der Waals surface area contributed by atoms with Crippen LogP contribution in [-0.4, -0.2) is 26.4 Å². The number of para-hydroxylation sites is 1. The number of carbonyl (C=O) groups excluding carboxylic acids is 1. The van der Waals surface area contributed by atoms with Crippen LogP contribution in [0, 0.1) is 19.7 Å². The molecule has 3 aromatic carbocycles. The number of carbonyl (C=O) groups is 1. The van der Waals surface area contributed by atoms with Gasteiger partial charge in [-0.25, -0.2) is 4.39 Å². The summed E-state index contributed by atoms with van der Waals surface area (Å²) in [6.07, 6.45) is 0. The molecule has 0 fully saturated rings. The van der Waals surface area contributed by atoms with Crippen LogP contribution < -0.4 is 10.6 Å². The smallest absolute Gasteiger partial charge is 0.234 e. The van der Waals surface area contributed by atoms with Crippen LogP contribution in [0.4, 0.5) is 15.8 Å². The van der Waals surface area contributed by atoms with E-state index in [0.717, 1.165) is 28.2 Å². The van der Waals surface area contributed by atoms with Crippen molar-refractivity contribution in [2.75, 3.05) is 16.4 Å². The Morgan fingerprint density at radius 2 is 1.73 bits per heavy atom. The first-order valence-electron chi connectivity index (χ1n) is 10.5. The second-order valence-corrected chi connectivity index (χ2v) is 8.46. The lowest BCUT2D eigenvalue weighted by atomic mass is 10.1. The molecule has 8 heteroatoms. The van der Waals surface area contributed by atoms with Gasteiger partial charge in [-0.05, 0) is 67.4 Å². The van der Waals surface area contributed by atoms with Gasteiger partial charge >= 0.3 is 0 Å². The van der Waals surface area contributed by atoms with Gasteiger partial charge in [-0.3, -0.25) is 9.36 Å². The second-order valence-electron chi connectivity index (χ2n) is 7.51. The molecule has 33 heavy (non-hydrogen) atoms. The van der Waals surface area contributed by atoms with E-state index in [1.54, 1.807) is 12.1 Å². The van der Waals surface area contributed by atoms with E-state index < -0.39 is 0 Å². The Labute approximate surface area is 196 Å². The topological polar surface area (TPSA) is 71.8 Å². The molecular weight excluding hydrogens is 437 g/mol. The number of amides is 1. The Morgan fingerprint density at radius 1 is 0.970 bits per heavy atom. The summed E-state index contributed by atoms with van der Waals surface area (Å²) in [7, 11) is 0. The average molecular weight is 462 g/mol. The van der Waals surface area contributed by atoms with Crippen LogP contribution in [0.3, 0.4) is 0 Å². The Kier molecular flexibility index (Phi) is 7.04. The number of halogens is 1. The number of hydrogen-bond acceptors (Lipinski definition) is 5. The molecule has 0 bridgehead atoms. The summed E-state index contributed by atoms with van der Waals surface area (Å²) in [5.74, 6) is 0.486. The lowest BCUT2D eigenvalue weighted by Gasteiger charge is -2.12. The van der Waals surface area contributed by atoms with Gasteiger partial charge in [0.05, 0.1) is 12.3 Å². The molecule has 0 radical (unpaired) electrons. The van der Waals surface area contributed by atoms with Crippen molar-refractivity contribution >= 4 is 29.0 Å². The first kappa shape index (κ1) is 22.5. The number of thioether (sulfide) groups is 1. The number of aromatic nitrogens is 3. The Balaban J connectivity index is 1.49. The summed E-state index contributed by atoms with van der Waals surface area (Å²) < 4.78 is 15.1. The predicted octanol–water partition coefficient (Wildman–Crippen LogP) is 5.37. The number of rotatable bonds is 8. The standard InChI is InChI=1S/C25H24FN5OS/c1-17-7-6-10-22(18(17)2)28-24(32)16-33-25-30-29-23(31(25)21-8-4-3-5-9-21)15-27-20-13-11-19(26)12-14-20/h3-14,27H,15-16H2,1-2H3,(H,28,32). The normalized spacial score (nSPS) is 10.8. The molecular formula is C25H24FN5OS. The molecule has 1 aromatic heterocycles. The van der Waals surface area contributed by atoms with Crippen molar-refractivity contribution in [2.45, 2.75) is 25.5 Å². The van der Waals surface area contributed by atoms with Crippen LogP contribution in [0.1, 0.15) is 17.0 Å². The van der Waals surface area contributed by atoms with Crippen molar-refractivity contribution in [3.05, 3.63) is 95.6 Å². The zero-order valence-electron chi connectivity index (χ0n) is 18.4. The molecule has 0 aliphatic rings. The number of hydrogen-bond donors (Lipinski definition) is 2. The molecule has 2 N–H and O–H groups in total. The zero-order chi connectivity index (χ0) is 23.2. The highest BCUT2D eigenvalue weighted by atomic mass is 32.2. The van der Waals surface area contributed by atoms with Gasteiger partial charge in [-0.1, -0.05) is 42.1 Å². The number of nitrogens with zero attached hydrogens (tertiary/aromatic N) is 3. The predicted molar refractivity (Wildman–Crippen MR) is 130 cm³/mol. The SMILES string of the molecule is Cc1cccc(NC(=O)CSc2nnc(CNc3ccc(F)cc3)n2-c2ccccc2)c1C. The number of nitrogens with one attached hydrogen (secondary N) is 2. The quantitative estimate of drug-likeness (QED) is 0.345. The van der Waals surface area contributed by atoms with Gasteiger partial charge in [0.2, 0.25) is 5.91 Å². The highest BCUT2D eigenvalue weighted by Crippen LogP contribution is 2.24. The molecule has 1 amide bonds. The molecule has 0 aliphatic carbocycles. The monoisotopic (exact) mass is 461 g/mol. The van der Waals surface area contributed by atoms with Gasteiger partial charge < -0.3 is 10.6 Å². The first-order chi connectivity index (χ1) is 16.0. The molecule has 0 saturated carbocycles. The minimum absolute atomic E-state index is 0.109. The molecule has 4 rings (SSSR count). The Morgan fingerprint density at radius 3 is 2.48 bits per heavy atom. The van der Waals surface area contributed by atoms with Crippen LogP contribution in [0.15, 0.2) is 78.0 Å². The van der Waals surface area contributed by atoms with Crippen molar-refractivity contribution in [1.82, 2.24) is 14.8 Å². The minimum Gasteiger partial charge on any atom is -0.378 e. The molecule has 1 heterocycles. The van der Waals surface area contributed by atoms with Crippen molar-refractivity contribution in [3.63, 3.8) is 0 Å². The van der Waals surface area contributed by atoms with Crippen molar-refractivity contribution in [2.24, 2.45) is 0 Å². The fourth-order valence-electron chi connectivity index (χ4n) is 3.30. The summed E-state index contributed by atoms with van der Waals surface area (Å²) in [4.78, 5) is 12.6. The maximum Gasteiger partial charge on any atom is 0.234 e.